The van der Waals surface area contributed by atoms with Gasteiger partial charge in [0, 0.05) is 4.88 Å². The molecule has 1 aromatic rings. The molecule has 1 saturated heterocycles. The van der Waals surface area contributed by atoms with Gasteiger partial charge in [0.1, 0.15) is 0 Å². The predicted octanol–water partition coefficient (Wildman–Crippen LogP) is 2.98. The van der Waals surface area contributed by atoms with Crippen molar-refractivity contribution >= 4 is 11.5 Å². The fourth-order valence-corrected chi connectivity index (χ4v) is 2.92. The standard InChI is InChI=1S/C13H22N2S/c1-13(2,3)12-8-11(15-16-12)5-4-10-6-7-14-9-10/h8,10,14H,4-7,9H2,1-3H3. The molecule has 0 bridgehead atoms. The number of aromatic nitrogens is 1. The average molecular weight is 238 g/mol. The number of hydrogen-bond donors (Lipinski definition) is 1. The second-order valence-corrected chi connectivity index (χ2v) is 6.63. The van der Waals surface area contributed by atoms with Crippen LogP contribution in [0.4, 0.5) is 0 Å². The molecule has 2 heterocycles. The van der Waals surface area contributed by atoms with Gasteiger partial charge in [-0.05, 0) is 61.3 Å². The van der Waals surface area contributed by atoms with Crippen LogP contribution in [0.2, 0.25) is 0 Å². The molecule has 16 heavy (non-hydrogen) atoms. The zero-order chi connectivity index (χ0) is 11.6. The summed E-state index contributed by atoms with van der Waals surface area (Å²) in [6, 6.07) is 2.30. The second kappa shape index (κ2) is 4.84. The van der Waals surface area contributed by atoms with Gasteiger partial charge in [-0.15, -0.1) is 0 Å². The summed E-state index contributed by atoms with van der Waals surface area (Å²) in [6.07, 6.45) is 3.79. The zero-order valence-corrected chi connectivity index (χ0v) is 11.4. The molecule has 2 nitrogen and oxygen atoms in total. The maximum absolute atomic E-state index is 4.56. The second-order valence-electron chi connectivity index (χ2n) is 5.83. The van der Waals surface area contributed by atoms with Gasteiger partial charge < -0.3 is 5.32 Å². The first-order valence-electron chi connectivity index (χ1n) is 6.22. The van der Waals surface area contributed by atoms with Crippen molar-refractivity contribution in [2.24, 2.45) is 5.92 Å². The molecule has 0 aromatic carbocycles. The molecule has 1 aliphatic heterocycles. The van der Waals surface area contributed by atoms with Crippen LogP contribution in [0, 0.1) is 5.92 Å². The van der Waals surface area contributed by atoms with Gasteiger partial charge >= 0.3 is 0 Å². The number of aryl methyl sites for hydroxylation is 1. The molecule has 0 amide bonds. The minimum atomic E-state index is 0.255. The molecular formula is C13H22N2S. The third-order valence-corrected chi connectivity index (χ3v) is 4.52. The van der Waals surface area contributed by atoms with Crippen LogP contribution in [0.25, 0.3) is 0 Å². The van der Waals surface area contributed by atoms with E-state index < -0.39 is 0 Å². The molecule has 3 heteroatoms. The summed E-state index contributed by atoms with van der Waals surface area (Å²) in [6.45, 7) is 9.17. The van der Waals surface area contributed by atoms with E-state index in [1.165, 1.54) is 36.5 Å². The lowest BCUT2D eigenvalue weighted by Crippen LogP contribution is -2.09. The van der Waals surface area contributed by atoms with E-state index >= 15 is 0 Å². The van der Waals surface area contributed by atoms with E-state index in [4.69, 9.17) is 0 Å². The molecule has 0 aliphatic carbocycles. The van der Waals surface area contributed by atoms with Crippen molar-refractivity contribution in [1.29, 1.82) is 0 Å². The van der Waals surface area contributed by atoms with E-state index in [0.717, 1.165) is 12.3 Å². The molecule has 2 rings (SSSR count). The number of nitrogens with one attached hydrogen (secondary N) is 1. The molecule has 1 unspecified atom stereocenters. The molecule has 0 saturated carbocycles. The van der Waals surface area contributed by atoms with Crippen molar-refractivity contribution < 1.29 is 0 Å². The normalized spacial score (nSPS) is 21.6. The summed E-state index contributed by atoms with van der Waals surface area (Å²) in [5.41, 5.74) is 1.55. The fourth-order valence-electron chi connectivity index (χ4n) is 2.10. The van der Waals surface area contributed by atoms with E-state index in [2.05, 4.69) is 36.5 Å². The summed E-state index contributed by atoms with van der Waals surface area (Å²) in [7, 11) is 0. The Morgan fingerprint density at radius 2 is 2.31 bits per heavy atom. The summed E-state index contributed by atoms with van der Waals surface area (Å²) < 4.78 is 4.56. The van der Waals surface area contributed by atoms with Crippen LogP contribution in [0.15, 0.2) is 6.07 Å². The van der Waals surface area contributed by atoms with Crippen molar-refractivity contribution in [2.75, 3.05) is 13.1 Å². The Balaban J connectivity index is 1.87. The van der Waals surface area contributed by atoms with Crippen molar-refractivity contribution in [3.8, 4) is 0 Å². The van der Waals surface area contributed by atoms with Crippen molar-refractivity contribution in [3.05, 3.63) is 16.6 Å². The van der Waals surface area contributed by atoms with Gasteiger partial charge in [-0.3, -0.25) is 0 Å². The van der Waals surface area contributed by atoms with Crippen LogP contribution in [0.5, 0.6) is 0 Å². The van der Waals surface area contributed by atoms with Gasteiger partial charge in [0.15, 0.2) is 0 Å². The monoisotopic (exact) mass is 238 g/mol. The Bertz CT molecular complexity index is 332. The largest absolute Gasteiger partial charge is 0.316 e. The lowest BCUT2D eigenvalue weighted by atomic mass is 9.94. The van der Waals surface area contributed by atoms with Gasteiger partial charge in [0.2, 0.25) is 0 Å². The number of hydrogen-bond acceptors (Lipinski definition) is 3. The van der Waals surface area contributed by atoms with Crippen LogP contribution < -0.4 is 5.32 Å². The first kappa shape index (κ1) is 12.1. The zero-order valence-electron chi connectivity index (χ0n) is 10.5. The van der Waals surface area contributed by atoms with E-state index in [1.54, 1.807) is 11.5 Å². The highest BCUT2D eigenvalue weighted by atomic mass is 32.1. The van der Waals surface area contributed by atoms with Crippen molar-refractivity contribution in [1.82, 2.24) is 9.69 Å². The van der Waals surface area contributed by atoms with E-state index in [-0.39, 0.29) is 5.41 Å². The molecule has 1 aromatic heterocycles. The van der Waals surface area contributed by atoms with Gasteiger partial charge in [-0.2, -0.15) is 4.37 Å². The van der Waals surface area contributed by atoms with Gasteiger partial charge in [0.25, 0.3) is 0 Å². The van der Waals surface area contributed by atoms with E-state index in [9.17, 15) is 0 Å². The maximum atomic E-state index is 4.56. The third kappa shape index (κ3) is 3.05. The summed E-state index contributed by atoms with van der Waals surface area (Å²) in [5, 5.41) is 3.42. The first-order valence-corrected chi connectivity index (χ1v) is 7.00. The lowest BCUT2D eigenvalue weighted by Gasteiger charge is -2.14. The van der Waals surface area contributed by atoms with Crippen LogP contribution in [-0.4, -0.2) is 17.5 Å². The van der Waals surface area contributed by atoms with Crippen molar-refractivity contribution in [3.63, 3.8) is 0 Å². The molecule has 1 fully saturated rings. The van der Waals surface area contributed by atoms with Gasteiger partial charge in [-0.25, -0.2) is 0 Å². The Morgan fingerprint density at radius 3 is 2.88 bits per heavy atom. The molecule has 1 N–H and O–H groups in total. The lowest BCUT2D eigenvalue weighted by molar-refractivity contribution is 0.530. The number of rotatable bonds is 3. The molecule has 0 spiro atoms. The highest BCUT2D eigenvalue weighted by molar-refractivity contribution is 7.06. The smallest absolute Gasteiger partial charge is 0.0545 e. The van der Waals surface area contributed by atoms with Gasteiger partial charge in [-0.1, -0.05) is 20.8 Å². The maximum Gasteiger partial charge on any atom is 0.0545 e. The minimum absolute atomic E-state index is 0.255. The average Bonchev–Trinajstić information content (AvgIpc) is 2.85. The van der Waals surface area contributed by atoms with Crippen molar-refractivity contribution in [2.45, 2.75) is 45.4 Å². The SMILES string of the molecule is CC(C)(C)c1cc(CCC2CCNC2)ns1. The van der Waals surface area contributed by atoms with Gasteiger partial charge in [0.05, 0.1) is 5.69 Å². The molecule has 90 valence electrons. The Kier molecular flexibility index (Phi) is 3.65. The highest BCUT2D eigenvalue weighted by Gasteiger charge is 2.18. The third-order valence-electron chi connectivity index (χ3n) is 3.27. The predicted molar refractivity (Wildman–Crippen MR) is 70.1 cm³/mol. The topological polar surface area (TPSA) is 24.9 Å². The van der Waals surface area contributed by atoms with Crippen LogP contribution in [-0.2, 0) is 11.8 Å². The summed E-state index contributed by atoms with van der Waals surface area (Å²) in [4.78, 5) is 1.41. The van der Waals surface area contributed by atoms with Crippen LogP contribution >= 0.6 is 11.5 Å². The Labute approximate surface area is 103 Å². The summed E-state index contributed by atoms with van der Waals surface area (Å²) >= 11 is 1.67. The first-order chi connectivity index (χ1) is 7.55. The number of nitrogens with zero attached hydrogens (tertiary/aromatic N) is 1. The van der Waals surface area contributed by atoms with Crippen LogP contribution in [0.3, 0.4) is 0 Å². The highest BCUT2D eigenvalue weighted by Crippen LogP contribution is 2.27. The Morgan fingerprint density at radius 1 is 1.50 bits per heavy atom. The minimum Gasteiger partial charge on any atom is -0.316 e. The molecular weight excluding hydrogens is 216 g/mol. The van der Waals surface area contributed by atoms with Crippen LogP contribution in [0.1, 0.15) is 44.2 Å². The Hall–Kier alpha value is -0.410. The van der Waals surface area contributed by atoms with E-state index in [1.807, 2.05) is 0 Å². The quantitative estimate of drug-likeness (QED) is 0.875. The molecule has 1 aliphatic rings. The molecule has 1 atom stereocenters. The van der Waals surface area contributed by atoms with E-state index in [0.29, 0.717) is 0 Å². The summed E-state index contributed by atoms with van der Waals surface area (Å²) in [5.74, 6) is 0.875. The molecule has 0 radical (unpaired) electrons. The fraction of sp³-hybridized carbons (Fsp3) is 0.769.